The van der Waals surface area contributed by atoms with Gasteiger partial charge in [-0.1, -0.05) is 0 Å². The van der Waals surface area contributed by atoms with Crippen LogP contribution in [0, 0.1) is 5.41 Å². The van der Waals surface area contributed by atoms with Crippen molar-refractivity contribution >= 4 is 11.8 Å². The second kappa shape index (κ2) is 5.96. The normalized spacial score (nSPS) is 24.5. The van der Waals surface area contributed by atoms with Crippen molar-refractivity contribution in [3.63, 3.8) is 0 Å². The van der Waals surface area contributed by atoms with Gasteiger partial charge in [0, 0.05) is 20.1 Å². The molecule has 16 heavy (non-hydrogen) atoms. The molecule has 1 aliphatic heterocycles. The molecule has 0 aromatic rings. The Kier molecular flexibility index (Phi) is 4.89. The van der Waals surface area contributed by atoms with Crippen molar-refractivity contribution in [1.29, 1.82) is 0 Å². The molecule has 1 saturated heterocycles. The van der Waals surface area contributed by atoms with Crippen molar-refractivity contribution < 1.29 is 23.8 Å². The predicted molar refractivity (Wildman–Crippen MR) is 56.0 cm³/mol. The highest BCUT2D eigenvalue weighted by Crippen LogP contribution is 2.34. The van der Waals surface area contributed by atoms with Gasteiger partial charge in [0.05, 0.1) is 19.8 Å². The molecule has 0 aliphatic carbocycles. The fraction of sp³-hybridized carbons (Fsp3) is 0.818. The Bertz CT molecular complexity index is 263. The Balaban J connectivity index is 2.41. The van der Waals surface area contributed by atoms with Crippen molar-refractivity contribution in [2.75, 3.05) is 33.5 Å². The SMILES string of the molecule is COCCOCCC1(C(C)=O)CCOC1=O. The molecule has 0 saturated carbocycles. The number of ketones is 1. The Morgan fingerprint density at radius 2 is 2.19 bits per heavy atom. The van der Waals surface area contributed by atoms with Gasteiger partial charge in [0.25, 0.3) is 0 Å². The monoisotopic (exact) mass is 230 g/mol. The largest absolute Gasteiger partial charge is 0.465 e. The van der Waals surface area contributed by atoms with Crippen LogP contribution >= 0.6 is 0 Å². The summed E-state index contributed by atoms with van der Waals surface area (Å²) in [7, 11) is 1.59. The number of methoxy groups -OCH3 is 1. The van der Waals surface area contributed by atoms with Crippen molar-refractivity contribution in [3.8, 4) is 0 Å². The van der Waals surface area contributed by atoms with Crippen molar-refractivity contribution in [1.82, 2.24) is 0 Å². The number of cyclic esters (lactones) is 1. The van der Waals surface area contributed by atoms with E-state index in [4.69, 9.17) is 14.2 Å². The van der Waals surface area contributed by atoms with E-state index in [2.05, 4.69) is 0 Å². The minimum absolute atomic E-state index is 0.134. The highest BCUT2D eigenvalue weighted by molar-refractivity contribution is 6.03. The third kappa shape index (κ3) is 2.80. The summed E-state index contributed by atoms with van der Waals surface area (Å²) in [5.74, 6) is -0.541. The van der Waals surface area contributed by atoms with Crippen LogP contribution in [0.3, 0.4) is 0 Å². The van der Waals surface area contributed by atoms with E-state index in [1.54, 1.807) is 7.11 Å². The molecule has 0 aromatic heterocycles. The van der Waals surface area contributed by atoms with E-state index in [-0.39, 0.29) is 5.78 Å². The standard InChI is InChI=1S/C11H18O5/c1-9(12)11(4-6-16-10(11)13)3-5-15-8-7-14-2/h3-8H2,1-2H3. The highest BCUT2D eigenvalue weighted by Gasteiger charge is 2.48. The molecule has 5 nitrogen and oxygen atoms in total. The van der Waals surface area contributed by atoms with Gasteiger partial charge < -0.3 is 14.2 Å². The summed E-state index contributed by atoms with van der Waals surface area (Å²) in [6.45, 7) is 3.12. The molecule has 1 unspecified atom stereocenters. The summed E-state index contributed by atoms with van der Waals surface area (Å²) in [5.41, 5.74) is -0.965. The summed E-state index contributed by atoms with van der Waals surface area (Å²) in [6, 6.07) is 0. The lowest BCUT2D eigenvalue weighted by Gasteiger charge is -2.20. The van der Waals surface area contributed by atoms with E-state index in [1.165, 1.54) is 6.92 Å². The smallest absolute Gasteiger partial charge is 0.319 e. The van der Waals surface area contributed by atoms with Gasteiger partial charge in [-0.05, 0) is 13.3 Å². The average Bonchev–Trinajstić information content (AvgIpc) is 2.61. The lowest BCUT2D eigenvalue weighted by Crippen LogP contribution is -2.35. The van der Waals surface area contributed by atoms with Crippen LogP contribution < -0.4 is 0 Å². The quantitative estimate of drug-likeness (QED) is 0.363. The number of esters is 1. The van der Waals surface area contributed by atoms with Gasteiger partial charge in [0.2, 0.25) is 0 Å². The van der Waals surface area contributed by atoms with Crippen LogP contribution in [0.5, 0.6) is 0 Å². The third-order valence-corrected chi connectivity index (χ3v) is 2.93. The van der Waals surface area contributed by atoms with E-state index < -0.39 is 11.4 Å². The Labute approximate surface area is 95.0 Å². The molecule has 1 rings (SSSR count). The minimum atomic E-state index is -0.965. The predicted octanol–water partition coefficient (Wildman–Crippen LogP) is 0.562. The van der Waals surface area contributed by atoms with E-state index in [1.807, 2.05) is 0 Å². The van der Waals surface area contributed by atoms with E-state index in [0.717, 1.165) is 0 Å². The van der Waals surface area contributed by atoms with Crippen LogP contribution in [0.4, 0.5) is 0 Å². The first-order valence-electron chi connectivity index (χ1n) is 5.38. The molecule has 0 bridgehead atoms. The average molecular weight is 230 g/mol. The number of carbonyl (C=O) groups is 2. The van der Waals surface area contributed by atoms with Crippen LogP contribution in [-0.4, -0.2) is 45.3 Å². The van der Waals surface area contributed by atoms with Gasteiger partial charge in [-0.2, -0.15) is 0 Å². The zero-order valence-corrected chi connectivity index (χ0v) is 9.78. The molecule has 0 aromatic carbocycles. The molecular formula is C11H18O5. The number of hydrogen-bond acceptors (Lipinski definition) is 5. The van der Waals surface area contributed by atoms with Gasteiger partial charge in [-0.25, -0.2) is 0 Å². The van der Waals surface area contributed by atoms with Crippen molar-refractivity contribution in [2.45, 2.75) is 19.8 Å². The second-order valence-corrected chi connectivity index (χ2v) is 3.88. The molecule has 0 spiro atoms. The summed E-state index contributed by atoms with van der Waals surface area (Å²) < 4.78 is 15.0. The Morgan fingerprint density at radius 3 is 2.69 bits per heavy atom. The molecule has 5 heteroatoms. The molecule has 0 N–H and O–H groups in total. The summed E-state index contributed by atoms with van der Waals surface area (Å²) in [4.78, 5) is 23.1. The van der Waals surface area contributed by atoms with Crippen molar-refractivity contribution in [2.24, 2.45) is 5.41 Å². The molecule has 1 fully saturated rings. The van der Waals surface area contributed by atoms with Crippen LogP contribution in [0.1, 0.15) is 19.8 Å². The van der Waals surface area contributed by atoms with Gasteiger partial charge in [-0.3, -0.25) is 9.59 Å². The number of rotatable bonds is 7. The zero-order chi connectivity index (χ0) is 12.0. The first-order valence-corrected chi connectivity index (χ1v) is 5.38. The maximum absolute atomic E-state index is 11.5. The molecule has 1 aliphatic rings. The maximum Gasteiger partial charge on any atom is 0.319 e. The highest BCUT2D eigenvalue weighted by atomic mass is 16.5. The van der Waals surface area contributed by atoms with Crippen LogP contribution in [-0.2, 0) is 23.8 Å². The summed E-state index contributed by atoms with van der Waals surface area (Å²) >= 11 is 0. The van der Waals surface area contributed by atoms with Gasteiger partial charge >= 0.3 is 5.97 Å². The van der Waals surface area contributed by atoms with Crippen molar-refractivity contribution in [3.05, 3.63) is 0 Å². The number of hydrogen-bond donors (Lipinski definition) is 0. The third-order valence-electron chi connectivity index (χ3n) is 2.93. The van der Waals surface area contributed by atoms with E-state index >= 15 is 0 Å². The second-order valence-electron chi connectivity index (χ2n) is 3.88. The molecule has 1 atom stereocenters. The number of carbonyl (C=O) groups excluding carboxylic acids is 2. The zero-order valence-electron chi connectivity index (χ0n) is 9.78. The van der Waals surface area contributed by atoms with Gasteiger partial charge in [-0.15, -0.1) is 0 Å². The molecule has 0 radical (unpaired) electrons. The maximum atomic E-state index is 11.5. The molecule has 1 heterocycles. The van der Waals surface area contributed by atoms with Crippen LogP contribution in [0.15, 0.2) is 0 Å². The van der Waals surface area contributed by atoms with Gasteiger partial charge in [0.15, 0.2) is 0 Å². The van der Waals surface area contributed by atoms with E-state index in [9.17, 15) is 9.59 Å². The summed E-state index contributed by atoms with van der Waals surface area (Å²) in [5, 5.41) is 0. The first kappa shape index (κ1) is 13.1. The Hall–Kier alpha value is -0.940. The summed E-state index contributed by atoms with van der Waals surface area (Å²) in [6.07, 6.45) is 0.861. The molecular weight excluding hydrogens is 212 g/mol. The topological polar surface area (TPSA) is 61.8 Å². The lowest BCUT2D eigenvalue weighted by atomic mass is 9.80. The van der Waals surface area contributed by atoms with Gasteiger partial charge in [0.1, 0.15) is 11.2 Å². The van der Waals surface area contributed by atoms with E-state index in [0.29, 0.717) is 39.3 Å². The molecule has 0 amide bonds. The fourth-order valence-corrected chi connectivity index (χ4v) is 1.77. The fourth-order valence-electron chi connectivity index (χ4n) is 1.77. The van der Waals surface area contributed by atoms with Crippen LogP contribution in [0.2, 0.25) is 0 Å². The van der Waals surface area contributed by atoms with Crippen LogP contribution in [0.25, 0.3) is 0 Å². The minimum Gasteiger partial charge on any atom is -0.465 e. The first-order chi connectivity index (χ1) is 7.63. The molecule has 92 valence electrons. The lowest BCUT2D eigenvalue weighted by molar-refractivity contribution is -0.151. The number of ether oxygens (including phenoxy) is 3. The number of Topliss-reactive ketones (excluding diaryl/α,β-unsaturated/α-hetero) is 1. The Morgan fingerprint density at radius 1 is 1.44 bits per heavy atom.